The van der Waals surface area contributed by atoms with E-state index in [0.29, 0.717) is 0 Å². The predicted molar refractivity (Wildman–Crippen MR) is 66.4 cm³/mol. The van der Waals surface area contributed by atoms with Crippen LogP contribution in [0.2, 0.25) is 0 Å². The van der Waals surface area contributed by atoms with E-state index in [-0.39, 0.29) is 18.6 Å². The molecule has 0 radical (unpaired) electrons. The van der Waals surface area contributed by atoms with Crippen LogP contribution in [0.3, 0.4) is 0 Å². The van der Waals surface area contributed by atoms with E-state index < -0.39 is 33.0 Å². The van der Waals surface area contributed by atoms with Gasteiger partial charge in [0.05, 0.1) is 23.8 Å². The summed E-state index contributed by atoms with van der Waals surface area (Å²) >= 11 is 0. The molecule has 0 spiro atoms. The minimum absolute atomic E-state index is 0.129. The number of hydrogen-bond donors (Lipinski definition) is 1. The van der Waals surface area contributed by atoms with Gasteiger partial charge in [0.1, 0.15) is 0 Å². The van der Waals surface area contributed by atoms with Crippen LogP contribution in [0.4, 0.5) is 3.89 Å². The third-order valence-electron chi connectivity index (χ3n) is 2.54. The molecule has 0 aliphatic carbocycles. The molecule has 110 valence electrons. The number of hydrogen-bond acceptors (Lipinski definition) is 5. The van der Waals surface area contributed by atoms with E-state index in [9.17, 15) is 21.9 Å². The van der Waals surface area contributed by atoms with E-state index >= 15 is 0 Å². The van der Waals surface area contributed by atoms with Crippen molar-refractivity contribution in [2.45, 2.75) is 24.2 Å². The van der Waals surface area contributed by atoms with Crippen LogP contribution < -0.4 is 0 Å². The van der Waals surface area contributed by atoms with Crippen molar-refractivity contribution >= 4 is 22.2 Å². The molecule has 1 aromatic carbocycles. The zero-order chi connectivity index (χ0) is 15.3. The van der Waals surface area contributed by atoms with E-state index in [2.05, 4.69) is 4.74 Å². The average Bonchev–Trinajstić information content (AvgIpc) is 2.35. The molecule has 0 saturated heterocycles. The molecule has 0 fully saturated rings. The molecule has 0 aromatic heterocycles. The number of carboxylic acid groups (broad SMARTS) is 1. The van der Waals surface area contributed by atoms with E-state index in [1.165, 1.54) is 0 Å². The molecule has 0 bridgehead atoms. The van der Waals surface area contributed by atoms with Crippen molar-refractivity contribution in [1.82, 2.24) is 0 Å². The highest BCUT2D eigenvalue weighted by molar-refractivity contribution is 7.86. The normalized spacial score (nSPS) is 12.7. The van der Waals surface area contributed by atoms with Gasteiger partial charge in [-0.05, 0) is 24.6 Å². The molecule has 1 unspecified atom stereocenters. The highest BCUT2D eigenvalue weighted by Gasteiger charge is 2.24. The van der Waals surface area contributed by atoms with Crippen LogP contribution in [0.25, 0.3) is 0 Å². The Morgan fingerprint density at radius 3 is 2.25 bits per heavy atom. The average molecular weight is 304 g/mol. The molecule has 0 saturated carbocycles. The summed E-state index contributed by atoms with van der Waals surface area (Å²) in [6.07, 6.45) is -0.384. The standard InChI is InChI=1S/C12H13FO6S/c1-2-19-11(14)7-10(12(15)16)8-3-5-9(6-4-8)20(13,17)18/h3-6,10H,2,7H2,1H3,(H,15,16). The number of rotatable bonds is 6. The summed E-state index contributed by atoms with van der Waals surface area (Å²) in [6, 6.07) is 4.21. The third kappa shape index (κ3) is 4.30. The Labute approximate surface area is 115 Å². The van der Waals surface area contributed by atoms with Crippen LogP contribution in [0.15, 0.2) is 29.2 Å². The highest BCUT2D eigenvalue weighted by atomic mass is 32.3. The van der Waals surface area contributed by atoms with Crippen LogP contribution in [0, 0.1) is 0 Å². The van der Waals surface area contributed by atoms with E-state index in [1.54, 1.807) is 6.92 Å². The highest BCUT2D eigenvalue weighted by Crippen LogP contribution is 2.23. The van der Waals surface area contributed by atoms with Crippen LogP contribution in [0.1, 0.15) is 24.8 Å². The Kier molecular flexibility index (Phi) is 5.20. The number of carbonyl (C=O) groups is 2. The van der Waals surface area contributed by atoms with E-state index in [0.717, 1.165) is 24.3 Å². The molecular formula is C12H13FO6S. The minimum Gasteiger partial charge on any atom is -0.481 e. The zero-order valence-corrected chi connectivity index (χ0v) is 11.4. The number of ether oxygens (including phenoxy) is 1. The van der Waals surface area contributed by atoms with Crippen molar-refractivity contribution < 1.29 is 31.7 Å². The molecule has 20 heavy (non-hydrogen) atoms. The van der Waals surface area contributed by atoms with Gasteiger partial charge < -0.3 is 9.84 Å². The van der Waals surface area contributed by atoms with Crippen LogP contribution >= 0.6 is 0 Å². The summed E-state index contributed by atoms with van der Waals surface area (Å²) in [5.41, 5.74) is 0.193. The quantitative estimate of drug-likeness (QED) is 0.631. The summed E-state index contributed by atoms with van der Waals surface area (Å²) in [5, 5.41) is 9.07. The summed E-state index contributed by atoms with van der Waals surface area (Å²) < 4.78 is 38.7. The molecule has 1 rings (SSSR count). The lowest BCUT2D eigenvalue weighted by molar-refractivity contribution is -0.148. The lowest BCUT2D eigenvalue weighted by Crippen LogP contribution is -2.17. The van der Waals surface area contributed by atoms with Gasteiger partial charge in [0.2, 0.25) is 0 Å². The Bertz CT molecular complexity index is 593. The van der Waals surface area contributed by atoms with Crippen molar-refractivity contribution in [2.75, 3.05) is 6.61 Å². The maximum atomic E-state index is 12.7. The van der Waals surface area contributed by atoms with Crippen LogP contribution in [-0.2, 0) is 24.5 Å². The molecule has 6 nitrogen and oxygen atoms in total. The molecule has 0 heterocycles. The first-order valence-corrected chi connectivity index (χ1v) is 7.07. The number of halogens is 1. The largest absolute Gasteiger partial charge is 0.481 e. The lowest BCUT2D eigenvalue weighted by Gasteiger charge is -2.12. The number of esters is 1. The predicted octanol–water partition coefficient (Wildman–Crippen LogP) is 1.47. The van der Waals surface area contributed by atoms with Gasteiger partial charge in [-0.3, -0.25) is 9.59 Å². The van der Waals surface area contributed by atoms with Gasteiger partial charge in [0.25, 0.3) is 0 Å². The third-order valence-corrected chi connectivity index (χ3v) is 3.37. The van der Waals surface area contributed by atoms with Gasteiger partial charge in [-0.2, -0.15) is 8.42 Å². The fourth-order valence-electron chi connectivity index (χ4n) is 1.60. The first-order chi connectivity index (χ1) is 9.25. The van der Waals surface area contributed by atoms with E-state index in [1.807, 2.05) is 0 Å². The summed E-state index contributed by atoms with van der Waals surface area (Å²) in [4.78, 5) is 21.9. The molecule has 1 aromatic rings. The van der Waals surface area contributed by atoms with Crippen molar-refractivity contribution in [3.8, 4) is 0 Å². The first kappa shape index (κ1) is 16.1. The van der Waals surface area contributed by atoms with Crippen LogP contribution in [-0.4, -0.2) is 32.1 Å². The maximum absolute atomic E-state index is 12.7. The second kappa shape index (κ2) is 6.47. The second-order valence-electron chi connectivity index (χ2n) is 3.91. The van der Waals surface area contributed by atoms with Gasteiger partial charge in [-0.15, -0.1) is 3.89 Å². The van der Waals surface area contributed by atoms with Gasteiger partial charge in [-0.1, -0.05) is 12.1 Å². The van der Waals surface area contributed by atoms with Gasteiger partial charge in [0, 0.05) is 0 Å². The minimum atomic E-state index is -4.84. The monoisotopic (exact) mass is 304 g/mol. The maximum Gasteiger partial charge on any atom is 0.332 e. The number of carboxylic acids is 1. The molecule has 0 amide bonds. The van der Waals surface area contributed by atoms with Crippen molar-refractivity contribution in [3.05, 3.63) is 29.8 Å². The van der Waals surface area contributed by atoms with E-state index in [4.69, 9.17) is 5.11 Å². The Morgan fingerprint density at radius 1 is 1.30 bits per heavy atom. The summed E-state index contributed by atoms with van der Waals surface area (Å²) in [6.45, 7) is 1.72. The van der Waals surface area contributed by atoms with Crippen molar-refractivity contribution in [3.63, 3.8) is 0 Å². The summed E-state index contributed by atoms with van der Waals surface area (Å²) in [5.74, 6) is -3.11. The smallest absolute Gasteiger partial charge is 0.332 e. The Balaban J connectivity index is 2.99. The van der Waals surface area contributed by atoms with Gasteiger partial charge in [0.15, 0.2) is 0 Å². The molecule has 1 atom stereocenters. The first-order valence-electron chi connectivity index (χ1n) is 5.68. The molecular weight excluding hydrogens is 291 g/mol. The number of aliphatic carboxylic acids is 1. The lowest BCUT2D eigenvalue weighted by atomic mass is 9.96. The second-order valence-corrected chi connectivity index (χ2v) is 5.25. The zero-order valence-electron chi connectivity index (χ0n) is 10.6. The Hall–Kier alpha value is -1.96. The molecule has 0 aliphatic rings. The molecule has 0 aliphatic heterocycles. The van der Waals surface area contributed by atoms with Crippen molar-refractivity contribution in [2.24, 2.45) is 0 Å². The van der Waals surface area contributed by atoms with Crippen molar-refractivity contribution in [1.29, 1.82) is 0 Å². The van der Waals surface area contributed by atoms with Gasteiger partial charge in [-0.25, -0.2) is 0 Å². The van der Waals surface area contributed by atoms with Gasteiger partial charge >= 0.3 is 22.2 Å². The topological polar surface area (TPSA) is 97.7 Å². The van der Waals surface area contributed by atoms with Crippen LogP contribution in [0.5, 0.6) is 0 Å². The molecule has 8 heteroatoms. The fraction of sp³-hybridized carbons (Fsp3) is 0.333. The number of carbonyl (C=O) groups excluding carboxylic acids is 1. The molecule has 1 N–H and O–H groups in total. The fourth-order valence-corrected chi connectivity index (χ4v) is 2.06. The SMILES string of the molecule is CCOC(=O)CC(C(=O)O)c1ccc(S(=O)(=O)F)cc1. The Morgan fingerprint density at radius 2 is 1.85 bits per heavy atom. The number of benzene rings is 1. The summed E-state index contributed by atoms with van der Waals surface area (Å²) in [7, 11) is -4.84.